The summed E-state index contributed by atoms with van der Waals surface area (Å²) >= 11 is 1.64. The summed E-state index contributed by atoms with van der Waals surface area (Å²) in [6.07, 6.45) is 0.310. The molecule has 1 aromatic carbocycles. The van der Waals surface area contributed by atoms with Gasteiger partial charge in [0, 0.05) is 0 Å². The van der Waals surface area contributed by atoms with Gasteiger partial charge in [0.1, 0.15) is 5.60 Å². The van der Waals surface area contributed by atoms with Gasteiger partial charge in [-0.2, -0.15) is 0 Å². The number of esters is 1. The van der Waals surface area contributed by atoms with Gasteiger partial charge in [0.25, 0.3) is 0 Å². The summed E-state index contributed by atoms with van der Waals surface area (Å²) in [6, 6.07) is 5.91. The normalized spacial score (nSPS) is 11.8. The van der Waals surface area contributed by atoms with Gasteiger partial charge < -0.3 is 4.74 Å². The van der Waals surface area contributed by atoms with Gasteiger partial charge in [-0.05, 0) is 45.4 Å². The van der Waals surface area contributed by atoms with E-state index < -0.39 is 5.60 Å². The topological polar surface area (TPSA) is 39.2 Å². The lowest BCUT2D eigenvalue weighted by atomic mass is 10.1. The molecule has 1 aromatic heterocycles. The van der Waals surface area contributed by atoms with Gasteiger partial charge in [-0.15, -0.1) is 11.3 Å². The van der Waals surface area contributed by atoms with E-state index in [1.165, 1.54) is 0 Å². The number of hydrogen-bond donors (Lipinski definition) is 0. The van der Waals surface area contributed by atoms with Crippen LogP contribution in [0.25, 0.3) is 10.2 Å². The van der Waals surface area contributed by atoms with Gasteiger partial charge in [0.15, 0.2) is 0 Å². The molecule has 1 heterocycles. The Morgan fingerprint density at radius 2 is 2.11 bits per heavy atom. The molecule has 2 rings (SSSR count). The molecule has 0 amide bonds. The molecular formula is C14H17NO2S. The Morgan fingerprint density at radius 3 is 2.78 bits per heavy atom. The number of aryl methyl sites for hydroxylation is 1. The number of ether oxygens (including phenoxy) is 1. The second-order valence-electron chi connectivity index (χ2n) is 5.30. The fourth-order valence-corrected chi connectivity index (χ4v) is 2.63. The number of hydrogen-bond acceptors (Lipinski definition) is 4. The first-order valence-electron chi connectivity index (χ1n) is 5.91. The van der Waals surface area contributed by atoms with Gasteiger partial charge in [0.2, 0.25) is 0 Å². The molecule has 0 spiro atoms. The van der Waals surface area contributed by atoms with E-state index in [-0.39, 0.29) is 5.97 Å². The summed E-state index contributed by atoms with van der Waals surface area (Å²) in [7, 11) is 0. The van der Waals surface area contributed by atoms with Crippen LogP contribution in [0.1, 0.15) is 31.3 Å². The molecule has 0 N–H and O–H groups in total. The number of carbonyl (C=O) groups excluding carboxylic acids is 1. The SMILES string of the molecule is Cc1nc2ccc(CC(=O)OC(C)(C)C)cc2s1. The number of carbonyl (C=O) groups is 1. The second-order valence-corrected chi connectivity index (χ2v) is 6.53. The van der Waals surface area contributed by atoms with Gasteiger partial charge in [-0.1, -0.05) is 6.07 Å². The highest BCUT2D eigenvalue weighted by molar-refractivity contribution is 7.18. The predicted molar refractivity (Wildman–Crippen MR) is 73.9 cm³/mol. The van der Waals surface area contributed by atoms with Crippen LogP contribution in [0, 0.1) is 6.92 Å². The molecular weight excluding hydrogens is 246 g/mol. The van der Waals surface area contributed by atoms with Crippen molar-refractivity contribution in [2.24, 2.45) is 0 Å². The lowest BCUT2D eigenvalue weighted by Gasteiger charge is -2.19. The van der Waals surface area contributed by atoms with Crippen LogP contribution < -0.4 is 0 Å². The first-order valence-corrected chi connectivity index (χ1v) is 6.73. The van der Waals surface area contributed by atoms with Crippen molar-refractivity contribution in [2.75, 3.05) is 0 Å². The van der Waals surface area contributed by atoms with Crippen LogP contribution in [-0.2, 0) is 16.0 Å². The molecule has 0 aliphatic rings. The molecule has 4 heteroatoms. The average Bonchev–Trinajstić information content (AvgIpc) is 2.53. The van der Waals surface area contributed by atoms with Gasteiger partial charge in [-0.25, -0.2) is 4.98 Å². The number of benzene rings is 1. The number of thiazole rings is 1. The third-order valence-electron chi connectivity index (χ3n) is 2.33. The van der Waals surface area contributed by atoms with Crippen molar-refractivity contribution in [3.8, 4) is 0 Å². The van der Waals surface area contributed by atoms with Crippen LogP contribution in [0.15, 0.2) is 18.2 Å². The molecule has 0 saturated carbocycles. The quantitative estimate of drug-likeness (QED) is 0.779. The van der Waals surface area contributed by atoms with Crippen LogP contribution in [-0.4, -0.2) is 16.6 Å². The summed E-state index contributed by atoms with van der Waals surface area (Å²) in [5.74, 6) is -0.192. The van der Waals surface area contributed by atoms with E-state index in [9.17, 15) is 4.79 Å². The number of fused-ring (bicyclic) bond motifs is 1. The van der Waals surface area contributed by atoms with Gasteiger partial charge >= 0.3 is 5.97 Å². The maximum atomic E-state index is 11.7. The molecule has 0 radical (unpaired) electrons. The third-order valence-corrected chi connectivity index (χ3v) is 3.26. The highest BCUT2D eigenvalue weighted by atomic mass is 32.1. The molecule has 0 aliphatic heterocycles. The van der Waals surface area contributed by atoms with Crippen molar-refractivity contribution < 1.29 is 9.53 Å². The van der Waals surface area contributed by atoms with Gasteiger partial charge in [0.05, 0.1) is 21.6 Å². The van der Waals surface area contributed by atoms with E-state index in [4.69, 9.17) is 4.74 Å². The van der Waals surface area contributed by atoms with Gasteiger partial charge in [-0.3, -0.25) is 4.79 Å². The van der Waals surface area contributed by atoms with Crippen LogP contribution in [0.5, 0.6) is 0 Å². The van der Waals surface area contributed by atoms with Crippen LogP contribution >= 0.6 is 11.3 Å². The number of nitrogens with zero attached hydrogens (tertiary/aromatic N) is 1. The zero-order chi connectivity index (χ0) is 13.3. The Balaban J connectivity index is 2.14. The van der Waals surface area contributed by atoms with Crippen molar-refractivity contribution in [1.29, 1.82) is 0 Å². The van der Waals surface area contributed by atoms with Crippen molar-refractivity contribution in [1.82, 2.24) is 4.98 Å². The Morgan fingerprint density at radius 1 is 1.39 bits per heavy atom. The molecule has 0 fully saturated rings. The summed E-state index contributed by atoms with van der Waals surface area (Å²) in [6.45, 7) is 7.61. The van der Waals surface area contributed by atoms with Crippen molar-refractivity contribution in [2.45, 2.75) is 39.7 Å². The lowest BCUT2D eigenvalue weighted by molar-refractivity contribution is -0.153. The zero-order valence-electron chi connectivity index (χ0n) is 11.1. The molecule has 0 bridgehead atoms. The standard InChI is InChI=1S/C14H17NO2S/c1-9-15-11-6-5-10(7-12(11)18-9)8-13(16)17-14(2,3)4/h5-7H,8H2,1-4H3. The monoisotopic (exact) mass is 263 g/mol. The van der Waals surface area contributed by atoms with E-state index >= 15 is 0 Å². The van der Waals surface area contributed by atoms with Crippen molar-refractivity contribution in [3.63, 3.8) is 0 Å². The van der Waals surface area contributed by atoms with Crippen LogP contribution in [0.4, 0.5) is 0 Å². The molecule has 0 aliphatic carbocycles. The van der Waals surface area contributed by atoms with Crippen molar-refractivity contribution in [3.05, 3.63) is 28.8 Å². The Bertz CT molecular complexity index is 581. The van der Waals surface area contributed by atoms with E-state index in [0.717, 1.165) is 20.8 Å². The molecule has 0 unspecified atom stereocenters. The zero-order valence-corrected chi connectivity index (χ0v) is 11.9. The Kier molecular flexibility index (Phi) is 3.39. The van der Waals surface area contributed by atoms with Crippen LogP contribution in [0.3, 0.4) is 0 Å². The highest BCUT2D eigenvalue weighted by Gasteiger charge is 2.16. The first-order chi connectivity index (χ1) is 8.33. The molecule has 18 heavy (non-hydrogen) atoms. The minimum absolute atomic E-state index is 0.192. The predicted octanol–water partition coefficient (Wildman–Crippen LogP) is 3.49. The average molecular weight is 263 g/mol. The van der Waals surface area contributed by atoms with Crippen LogP contribution in [0.2, 0.25) is 0 Å². The highest BCUT2D eigenvalue weighted by Crippen LogP contribution is 2.23. The largest absolute Gasteiger partial charge is 0.460 e. The minimum atomic E-state index is -0.428. The maximum Gasteiger partial charge on any atom is 0.310 e. The summed E-state index contributed by atoms with van der Waals surface area (Å²) in [4.78, 5) is 16.1. The van der Waals surface area contributed by atoms with E-state index in [2.05, 4.69) is 4.98 Å². The van der Waals surface area contributed by atoms with Crippen molar-refractivity contribution >= 4 is 27.5 Å². The lowest BCUT2D eigenvalue weighted by Crippen LogP contribution is -2.24. The second kappa shape index (κ2) is 4.69. The number of aromatic nitrogens is 1. The first kappa shape index (κ1) is 13.0. The molecule has 96 valence electrons. The fourth-order valence-electron chi connectivity index (χ4n) is 1.74. The molecule has 0 saturated heterocycles. The summed E-state index contributed by atoms with van der Waals surface area (Å²) < 4.78 is 6.43. The Labute approximate surface area is 111 Å². The molecule has 3 nitrogen and oxygen atoms in total. The maximum absolute atomic E-state index is 11.7. The number of rotatable bonds is 2. The fraction of sp³-hybridized carbons (Fsp3) is 0.429. The summed E-state index contributed by atoms with van der Waals surface area (Å²) in [5, 5.41) is 1.04. The third kappa shape index (κ3) is 3.29. The minimum Gasteiger partial charge on any atom is -0.460 e. The van der Waals surface area contributed by atoms with E-state index in [1.54, 1.807) is 11.3 Å². The summed E-state index contributed by atoms with van der Waals surface area (Å²) in [5.41, 5.74) is 1.54. The van der Waals surface area contributed by atoms with E-state index in [0.29, 0.717) is 6.42 Å². The smallest absolute Gasteiger partial charge is 0.310 e. The molecule has 2 aromatic rings. The van der Waals surface area contributed by atoms with E-state index in [1.807, 2.05) is 45.9 Å². The Hall–Kier alpha value is -1.42. The molecule has 0 atom stereocenters.